The Balaban J connectivity index is 0.00000210. The summed E-state index contributed by atoms with van der Waals surface area (Å²) in [7, 11) is 1.42. The second kappa shape index (κ2) is 8.42. The zero-order valence-corrected chi connectivity index (χ0v) is 16.4. The molecule has 0 radical (unpaired) electrons. The highest BCUT2D eigenvalue weighted by atomic mass is 35.5. The quantitative estimate of drug-likeness (QED) is 0.464. The summed E-state index contributed by atoms with van der Waals surface area (Å²) >= 11 is 0. The van der Waals surface area contributed by atoms with E-state index in [9.17, 15) is 4.79 Å². The van der Waals surface area contributed by atoms with Gasteiger partial charge in [-0.2, -0.15) is 5.10 Å². The van der Waals surface area contributed by atoms with Gasteiger partial charge >= 0.3 is 5.97 Å². The Morgan fingerprint density at radius 2 is 2.07 bits per heavy atom. The minimum atomic E-state index is -0.307. The van der Waals surface area contributed by atoms with Crippen LogP contribution in [0.25, 0.3) is 5.69 Å². The molecular weight excluding hydrogens is 364 g/mol. The SMILES string of the molecule is COC(=O)c1cnn(-c2cccc(C3CCCC(NN)C3)c2)c1C1CC1.Cl. The van der Waals surface area contributed by atoms with Gasteiger partial charge < -0.3 is 4.74 Å². The number of methoxy groups -OCH3 is 1. The topological polar surface area (TPSA) is 82.2 Å². The smallest absolute Gasteiger partial charge is 0.341 e. The molecule has 0 amide bonds. The van der Waals surface area contributed by atoms with Gasteiger partial charge in [0.1, 0.15) is 5.56 Å². The number of carbonyl (C=O) groups is 1. The molecule has 0 bridgehead atoms. The Labute approximate surface area is 165 Å². The number of benzene rings is 1. The van der Waals surface area contributed by atoms with Crippen LogP contribution in [0.1, 0.15) is 72.0 Å². The molecule has 0 saturated heterocycles. The van der Waals surface area contributed by atoms with Gasteiger partial charge in [0, 0.05) is 12.0 Å². The highest BCUT2D eigenvalue weighted by molar-refractivity contribution is 5.90. The van der Waals surface area contributed by atoms with Crippen LogP contribution in [0.3, 0.4) is 0 Å². The molecule has 7 heteroatoms. The molecule has 27 heavy (non-hydrogen) atoms. The van der Waals surface area contributed by atoms with E-state index in [4.69, 9.17) is 10.6 Å². The van der Waals surface area contributed by atoms with E-state index in [0.717, 1.165) is 37.1 Å². The van der Waals surface area contributed by atoms with Gasteiger partial charge in [0.15, 0.2) is 0 Å². The molecule has 3 N–H and O–H groups in total. The maximum atomic E-state index is 12.1. The van der Waals surface area contributed by atoms with E-state index in [1.807, 2.05) is 4.68 Å². The zero-order chi connectivity index (χ0) is 18.1. The number of rotatable bonds is 5. The molecule has 2 saturated carbocycles. The average molecular weight is 391 g/mol. The van der Waals surface area contributed by atoms with Crippen LogP contribution in [0.15, 0.2) is 30.5 Å². The Bertz CT molecular complexity index is 803. The number of ether oxygens (including phenoxy) is 1. The van der Waals surface area contributed by atoms with Gasteiger partial charge in [0.2, 0.25) is 0 Å². The number of esters is 1. The van der Waals surface area contributed by atoms with Crippen molar-refractivity contribution in [2.45, 2.75) is 56.4 Å². The minimum Gasteiger partial charge on any atom is -0.465 e. The highest BCUT2D eigenvalue weighted by Crippen LogP contribution is 2.43. The van der Waals surface area contributed by atoms with Gasteiger partial charge in [-0.05, 0) is 55.7 Å². The van der Waals surface area contributed by atoms with Crippen LogP contribution in [0, 0.1) is 0 Å². The molecule has 4 rings (SSSR count). The zero-order valence-electron chi connectivity index (χ0n) is 15.6. The van der Waals surface area contributed by atoms with Crippen molar-refractivity contribution in [3.63, 3.8) is 0 Å². The van der Waals surface area contributed by atoms with Gasteiger partial charge in [-0.25, -0.2) is 9.48 Å². The monoisotopic (exact) mass is 390 g/mol. The molecule has 2 atom stereocenters. The number of halogens is 1. The Hall–Kier alpha value is -1.89. The van der Waals surface area contributed by atoms with Crippen LogP contribution in [0.5, 0.6) is 0 Å². The van der Waals surface area contributed by atoms with E-state index in [1.54, 1.807) is 6.20 Å². The van der Waals surface area contributed by atoms with Gasteiger partial charge in [0.25, 0.3) is 0 Å². The molecule has 2 aliphatic carbocycles. The number of nitrogens with one attached hydrogen (secondary N) is 1. The van der Waals surface area contributed by atoms with Gasteiger partial charge in [-0.15, -0.1) is 12.4 Å². The first-order valence-corrected chi connectivity index (χ1v) is 9.44. The second-order valence-electron chi connectivity index (χ2n) is 7.44. The minimum absolute atomic E-state index is 0. The van der Waals surface area contributed by atoms with Crippen LogP contribution in [-0.4, -0.2) is 28.9 Å². The number of aromatic nitrogens is 2. The van der Waals surface area contributed by atoms with Crippen molar-refractivity contribution < 1.29 is 9.53 Å². The predicted molar refractivity (Wildman–Crippen MR) is 106 cm³/mol. The summed E-state index contributed by atoms with van der Waals surface area (Å²) in [5.41, 5.74) is 6.84. The highest BCUT2D eigenvalue weighted by Gasteiger charge is 2.33. The first-order chi connectivity index (χ1) is 12.7. The van der Waals surface area contributed by atoms with Gasteiger partial charge in [0.05, 0.1) is 24.7 Å². The van der Waals surface area contributed by atoms with E-state index in [0.29, 0.717) is 23.4 Å². The summed E-state index contributed by atoms with van der Waals surface area (Å²) in [5.74, 6) is 6.26. The van der Waals surface area contributed by atoms with Crippen LogP contribution in [0.2, 0.25) is 0 Å². The summed E-state index contributed by atoms with van der Waals surface area (Å²) < 4.78 is 6.86. The van der Waals surface area contributed by atoms with Crippen molar-refractivity contribution in [2.24, 2.45) is 5.84 Å². The maximum Gasteiger partial charge on any atom is 0.341 e. The first kappa shape index (κ1) is 19.9. The number of carbonyl (C=O) groups excluding carboxylic acids is 1. The summed E-state index contributed by atoms with van der Waals surface area (Å²) in [6, 6.07) is 8.93. The molecule has 2 aromatic rings. The fourth-order valence-electron chi connectivity index (χ4n) is 4.13. The first-order valence-electron chi connectivity index (χ1n) is 9.44. The van der Waals surface area contributed by atoms with Crippen molar-refractivity contribution in [2.75, 3.05) is 7.11 Å². The molecule has 2 unspecified atom stereocenters. The van der Waals surface area contributed by atoms with Crippen LogP contribution in [-0.2, 0) is 4.74 Å². The lowest BCUT2D eigenvalue weighted by Gasteiger charge is -2.29. The molecule has 6 nitrogen and oxygen atoms in total. The number of nitrogens with two attached hydrogens (primary N) is 1. The molecule has 1 aromatic carbocycles. The molecule has 1 aromatic heterocycles. The van der Waals surface area contributed by atoms with Gasteiger partial charge in [-0.1, -0.05) is 18.6 Å². The number of hydrogen-bond donors (Lipinski definition) is 2. The number of nitrogens with zero attached hydrogens (tertiary/aromatic N) is 2. The fraction of sp³-hybridized carbons (Fsp3) is 0.500. The third-order valence-corrected chi connectivity index (χ3v) is 5.67. The van der Waals surface area contributed by atoms with Crippen LogP contribution < -0.4 is 11.3 Å². The summed E-state index contributed by atoms with van der Waals surface area (Å²) in [6.07, 6.45) is 8.40. The molecular formula is C20H27ClN4O2. The largest absolute Gasteiger partial charge is 0.465 e. The fourth-order valence-corrected chi connectivity index (χ4v) is 4.13. The summed E-state index contributed by atoms with van der Waals surface area (Å²) in [4.78, 5) is 12.1. The van der Waals surface area contributed by atoms with E-state index < -0.39 is 0 Å². The summed E-state index contributed by atoms with van der Waals surface area (Å²) in [5, 5.41) is 4.52. The van der Waals surface area contributed by atoms with Crippen LogP contribution >= 0.6 is 12.4 Å². The van der Waals surface area contributed by atoms with Gasteiger partial charge in [-0.3, -0.25) is 11.3 Å². The molecule has 146 valence electrons. The van der Waals surface area contributed by atoms with Crippen molar-refractivity contribution >= 4 is 18.4 Å². The van der Waals surface area contributed by atoms with Crippen LogP contribution in [0.4, 0.5) is 0 Å². The second-order valence-corrected chi connectivity index (χ2v) is 7.44. The van der Waals surface area contributed by atoms with E-state index >= 15 is 0 Å². The lowest BCUT2D eigenvalue weighted by Crippen LogP contribution is -2.38. The Morgan fingerprint density at radius 1 is 1.26 bits per heavy atom. The predicted octanol–water partition coefficient (Wildman–Crippen LogP) is 3.45. The van der Waals surface area contributed by atoms with E-state index in [-0.39, 0.29) is 18.4 Å². The molecule has 0 spiro atoms. The van der Waals surface area contributed by atoms with Crippen molar-refractivity contribution in [1.82, 2.24) is 15.2 Å². The lowest BCUT2D eigenvalue weighted by molar-refractivity contribution is 0.0599. The maximum absolute atomic E-state index is 12.1. The standard InChI is InChI=1S/C20H26N4O2.ClH/c1-26-20(25)18-12-22-24(19(18)13-8-9-13)17-7-3-5-15(11-17)14-4-2-6-16(10-14)23-21;/h3,5,7,11-14,16,23H,2,4,6,8-10,21H2,1H3;1H. The summed E-state index contributed by atoms with van der Waals surface area (Å²) in [6.45, 7) is 0. The number of hydrazine groups is 1. The third-order valence-electron chi connectivity index (χ3n) is 5.67. The average Bonchev–Trinajstić information content (AvgIpc) is 3.45. The molecule has 2 fully saturated rings. The Morgan fingerprint density at radius 3 is 2.78 bits per heavy atom. The van der Waals surface area contributed by atoms with Crippen molar-refractivity contribution in [3.8, 4) is 5.69 Å². The normalized spacial score (nSPS) is 22.1. The van der Waals surface area contributed by atoms with Crippen molar-refractivity contribution in [3.05, 3.63) is 47.3 Å². The third kappa shape index (κ3) is 4.03. The van der Waals surface area contributed by atoms with Crippen molar-refractivity contribution in [1.29, 1.82) is 0 Å². The lowest BCUT2D eigenvalue weighted by atomic mass is 9.81. The number of hydrogen-bond acceptors (Lipinski definition) is 5. The van der Waals surface area contributed by atoms with E-state index in [2.05, 4.69) is 34.8 Å². The van der Waals surface area contributed by atoms with E-state index in [1.165, 1.54) is 25.5 Å². The molecule has 1 heterocycles. The molecule has 2 aliphatic rings. The Kier molecular flexibility index (Phi) is 6.19. The molecule has 0 aliphatic heterocycles.